The van der Waals surface area contributed by atoms with Gasteiger partial charge in [-0.2, -0.15) is 0 Å². The van der Waals surface area contributed by atoms with Crippen LogP contribution in [0.3, 0.4) is 0 Å². The fourth-order valence-electron chi connectivity index (χ4n) is 2.79. The van der Waals surface area contributed by atoms with Crippen molar-refractivity contribution in [1.82, 2.24) is 4.98 Å². The second-order valence-corrected chi connectivity index (χ2v) is 7.59. The third-order valence-corrected chi connectivity index (χ3v) is 5.13. The van der Waals surface area contributed by atoms with E-state index < -0.39 is 5.97 Å². The average molecular weight is 388 g/mol. The maximum absolute atomic E-state index is 12.9. The van der Waals surface area contributed by atoms with Crippen molar-refractivity contribution in [2.24, 2.45) is 0 Å². The van der Waals surface area contributed by atoms with Crippen LogP contribution in [0.4, 0.5) is 5.69 Å². The van der Waals surface area contributed by atoms with Gasteiger partial charge in [0.1, 0.15) is 0 Å². The van der Waals surface area contributed by atoms with Gasteiger partial charge < -0.3 is 15.0 Å². The Balaban J connectivity index is 2.14. The maximum Gasteiger partial charge on any atom is 0.340 e. The first-order valence-corrected chi connectivity index (χ1v) is 9.57. The van der Waals surface area contributed by atoms with Crippen LogP contribution in [0.2, 0.25) is 0 Å². The Bertz CT molecular complexity index is 856. The number of amides is 1. The largest absolute Gasteiger partial charge is 0.462 e. The van der Waals surface area contributed by atoms with Crippen LogP contribution in [0, 0.1) is 13.8 Å². The van der Waals surface area contributed by atoms with E-state index in [1.54, 1.807) is 32.9 Å². The zero-order valence-electron chi connectivity index (χ0n) is 16.1. The van der Waals surface area contributed by atoms with Crippen LogP contribution in [0.15, 0.2) is 29.2 Å². The van der Waals surface area contributed by atoms with E-state index in [1.807, 2.05) is 19.1 Å². The minimum absolute atomic E-state index is 0.0814. The molecule has 1 aromatic carbocycles. The van der Waals surface area contributed by atoms with E-state index in [0.717, 1.165) is 4.90 Å². The SMILES string of the molecule is CCOC(=O)c1c(C)[nH]c(C(=O)[C@H](C)Sc2ccc(NC(C)=O)cc2)c1C. The number of carbonyl (C=O) groups is 3. The number of nitrogens with one attached hydrogen (secondary N) is 2. The summed E-state index contributed by atoms with van der Waals surface area (Å²) < 4.78 is 5.07. The van der Waals surface area contributed by atoms with Crippen LogP contribution in [-0.2, 0) is 9.53 Å². The fourth-order valence-corrected chi connectivity index (χ4v) is 3.71. The number of hydrogen-bond acceptors (Lipinski definition) is 5. The molecule has 1 aromatic heterocycles. The highest BCUT2D eigenvalue weighted by Gasteiger charge is 2.26. The first-order chi connectivity index (χ1) is 12.7. The van der Waals surface area contributed by atoms with Crippen LogP contribution >= 0.6 is 11.8 Å². The number of aryl methyl sites for hydroxylation is 1. The first kappa shape index (κ1) is 20.8. The third kappa shape index (κ3) is 5.01. The number of esters is 1. The Morgan fingerprint density at radius 1 is 1.19 bits per heavy atom. The molecule has 0 aliphatic heterocycles. The van der Waals surface area contributed by atoms with Crippen LogP contribution < -0.4 is 5.32 Å². The molecule has 7 heteroatoms. The molecule has 144 valence electrons. The molecule has 1 amide bonds. The van der Waals surface area contributed by atoms with Gasteiger partial charge in [-0.25, -0.2) is 4.79 Å². The molecule has 0 spiro atoms. The summed E-state index contributed by atoms with van der Waals surface area (Å²) in [5.74, 6) is -0.632. The van der Waals surface area contributed by atoms with E-state index in [-0.39, 0.29) is 23.5 Å². The van der Waals surface area contributed by atoms with Gasteiger partial charge in [-0.15, -0.1) is 11.8 Å². The summed E-state index contributed by atoms with van der Waals surface area (Å²) in [6.07, 6.45) is 0. The predicted octanol–water partition coefficient (Wildman–Crippen LogP) is 4.13. The number of Topliss-reactive ketones (excluding diaryl/α,β-unsaturated/α-hetero) is 1. The highest BCUT2D eigenvalue weighted by molar-refractivity contribution is 8.00. The number of anilines is 1. The summed E-state index contributed by atoms with van der Waals surface area (Å²) in [6, 6.07) is 7.31. The number of hydrogen-bond donors (Lipinski definition) is 2. The number of ketones is 1. The highest BCUT2D eigenvalue weighted by Crippen LogP contribution is 2.29. The zero-order chi connectivity index (χ0) is 20.1. The standard InChI is InChI=1S/C20H24N2O4S/c1-6-26-20(25)17-11(2)18(21-12(17)3)19(24)13(4)27-16-9-7-15(8-10-16)22-14(5)23/h7-10,13,21H,6H2,1-5H3,(H,22,23)/t13-/m0/s1. The summed E-state index contributed by atoms with van der Waals surface area (Å²) in [4.78, 5) is 40.0. The molecule has 6 nitrogen and oxygen atoms in total. The first-order valence-electron chi connectivity index (χ1n) is 8.69. The molecule has 0 saturated carbocycles. The number of rotatable bonds is 7. The lowest BCUT2D eigenvalue weighted by molar-refractivity contribution is -0.114. The second kappa shape index (κ2) is 8.90. The monoisotopic (exact) mass is 388 g/mol. The molecule has 2 N–H and O–H groups in total. The highest BCUT2D eigenvalue weighted by atomic mass is 32.2. The summed E-state index contributed by atoms with van der Waals surface area (Å²) in [5, 5.41) is 2.36. The van der Waals surface area contributed by atoms with Gasteiger partial charge in [-0.1, -0.05) is 0 Å². The lowest BCUT2D eigenvalue weighted by Crippen LogP contribution is -2.15. The Hall–Kier alpha value is -2.54. The van der Waals surface area contributed by atoms with Crippen LogP contribution in [0.5, 0.6) is 0 Å². The average Bonchev–Trinajstić information content (AvgIpc) is 2.90. The van der Waals surface area contributed by atoms with Crippen molar-refractivity contribution in [3.63, 3.8) is 0 Å². The lowest BCUT2D eigenvalue weighted by Gasteiger charge is -2.11. The van der Waals surface area contributed by atoms with E-state index >= 15 is 0 Å². The minimum atomic E-state index is -0.420. The van der Waals surface area contributed by atoms with Crippen molar-refractivity contribution in [1.29, 1.82) is 0 Å². The van der Waals surface area contributed by atoms with E-state index in [4.69, 9.17) is 4.74 Å². The number of aromatic nitrogens is 1. The Morgan fingerprint density at radius 3 is 2.37 bits per heavy atom. The molecule has 0 unspecified atom stereocenters. The predicted molar refractivity (Wildman–Crippen MR) is 107 cm³/mol. The quantitative estimate of drug-likeness (QED) is 0.423. The van der Waals surface area contributed by atoms with Crippen LogP contribution in [0.1, 0.15) is 52.9 Å². The maximum atomic E-state index is 12.9. The van der Waals surface area contributed by atoms with E-state index in [9.17, 15) is 14.4 Å². The molecule has 0 bridgehead atoms. The molecule has 0 saturated heterocycles. The van der Waals surface area contributed by atoms with Crippen molar-refractivity contribution >= 4 is 35.1 Å². The number of H-pyrrole nitrogens is 1. The second-order valence-electron chi connectivity index (χ2n) is 6.18. The van der Waals surface area contributed by atoms with Gasteiger partial charge in [-0.05, 0) is 57.5 Å². The van der Waals surface area contributed by atoms with Gasteiger partial charge in [0.05, 0.1) is 23.1 Å². The van der Waals surface area contributed by atoms with Crippen molar-refractivity contribution in [2.45, 2.75) is 44.8 Å². The topological polar surface area (TPSA) is 88.3 Å². The molecule has 2 aromatic rings. The van der Waals surface area contributed by atoms with E-state index in [1.165, 1.54) is 18.7 Å². The van der Waals surface area contributed by atoms with Crippen LogP contribution in [-0.4, -0.2) is 34.5 Å². The number of thioether (sulfide) groups is 1. The van der Waals surface area contributed by atoms with Gasteiger partial charge in [0.25, 0.3) is 0 Å². The van der Waals surface area contributed by atoms with Crippen molar-refractivity contribution in [2.75, 3.05) is 11.9 Å². The molecule has 0 radical (unpaired) electrons. The molecule has 1 atom stereocenters. The Labute approximate surface area is 163 Å². The van der Waals surface area contributed by atoms with Crippen molar-refractivity contribution < 1.29 is 19.1 Å². The van der Waals surface area contributed by atoms with E-state index in [0.29, 0.717) is 28.2 Å². The summed E-state index contributed by atoms with van der Waals surface area (Å²) in [6.45, 7) is 8.82. The molecule has 1 heterocycles. The molecule has 2 rings (SSSR count). The lowest BCUT2D eigenvalue weighted by atomic mass is 10.1. The molecular formula is C20H24N2O4S. The Kier molecular flexibility index (Phi) is 6.85. The third-order valence-electron chi connectivity index (χ3n) is 4.02. The molecule has 27 heavy (non-hydrogen) atoms. The zero-order valence-corrected chi connectivity index (χ0v) is 17.0. The van der Waals surface area contributed by atoms with Crippen molar-refractivity contribution in [3.8, 4) is 0 Å². The van der Waals surface area contributed by atoms with Gasteiger partial charge >= 0.3 is 5.97 Å². The van der Waals surface area contributed by atoms with Gasteiger partial charge in [0.2, 0.25) is 5.91 Å². The summed E-state index contributed by atoms with van der Waals surface area (Å²) in [7, 11) is 0. The van der Waals surface area contributed by atoms with Gasteiger partial charge in [-0.3, -0.25) is 9.59 Å². The van der Waals surface area contributed by atoms with Crippen LogP contribution in [0.25, 0.3) is 0 Å². The molecule has 0 aliphatic rings. The van der Waals surface area contributed by atoms with Gasteiger partial charge in [0, 0.05) is 23.2 Å². The molecule has 0 aliphatic carbocycles. The van der Waals surface area contributed by atoms with E-state index in [2.05, 4.69) is 10.3 Å². The number of benzene rings is 1. The number of ether oxygens (including phenoxy) is 1. The van der Waals surface area contributed by atoms with Crippen molar-refractivity contribution in [3.05, 3.63) is 46.8 Å². The summed E-state index contributed by atoms with van der Waals surface area (Å²) in [5.41, 5.74) is 2.82. The molecule has 0 fully saturated rings. The number of aromatic amines is 1. The smallest absolute Gasteiger partial charge is 0.340 e. The summed E-state index contributed by atoms with van der Waals surface area (Å²) >= 11 is 1.42. The van der Waals surface area contributed by atoms with Gasteiger partial charge in [0.15, 0.2) is 5.78 Å². The Morgan fingerprint density at radius 2 is 1.81 bits per heavy atom. The fraction of sp³-hybridized carbons (Fsp3) is 0.350. The number of carbonyl (C=O) groups excluding carboxylic acids is 3. The molecular weight excluding hydrogens is 364 g/mol. The minimum Gasteiger partial charge on any atom is -0.462 e. The normalized spacial score (nSPS) is 11.7.